The standard InChI is InChI=1S/C15H18IN3O4/c1-22-11-4-8-9(5-12(11)23-17)19(16)14(21)10-6-15(2-3-15)7-18(10)13(8)20/h4-5,10,14,21H,2-3,6-7,17H2,1H3/t10-,14-/m0/s1. The van der Waals surface area contributed by atoms with E-state index >= 15 is 0 Å². The van der Waals surface area contributed by atoms with Crippen LogP contribution in [0, 0.1) is 5.41 Å². The number of carbonyl (C=O) groups is 1. The van der Waals surface area contributed by atoms with Crippen molar-refractivity contribution in [3.05, 3.63) is 17.7 Å². The summed E-state index contributed by atoms with van der Waals surface area (Å²) in [5, 5.41) is 10.8. The Bertz CT molecular complexity index is 679. The van der Waals surface area contributed by atoms with Gasteiger partial charge >= 0.3 is 0 Å². The molecule has 124 valence electrons. The summed E-state index contributed by atoms with van der Waals surface area (Å²) in [5.74, 6) is 5.94. The summed E-state index contributed by atoms with van der Waals surface area (Å²) in [5.41, 5.74) is 1.31. The zero-order chi connectivity index (χ0) is 16.4. The lowest BCUT2D eigenvalue weighted by molar-refractivity contribution is 0.0561. The molecule has 1 saturated heterocycles. The Balaban J connectivity index is 1.83. The van der Waals surface area contributed by atoms with E-state index < -0.39 is 6.23 Å². The second-order valence-corrected chi connectivity index (χ2v) is 7.61. The molecule has 0 unspecified atom stereocenters. The first-order chi connectivity index (χ1) is 11.0. The topological polar surface area (TPSA) is 88.3 Å². The minimum Gasteiger partial charge on any atom is -0.493 e. The molecule has 0 aromatic heterocycles. The number of aliphatic hydroxyl groups excluding tert-OH is 1. The lowest BCUT2D eigenvalue weighted by atomic mass is 10.0. The third-order valence-corrected chi connectivity index (χ3v) is 6.30. The normalized spacial score (nSPS) is 27.6. The second-order valence-electron chi connectivity index (χ2n) is 6.57. The molecule has 0 radical (unpaired) electrons. The van der Waals surface area contributed by atoms with Crippen LogP contribution in [0.5, 0.6) is 11.5 Å². The van der Waals surface area contributed by atoms with Crippen LogP contribution in [0.3, 0.4) is 0 Å². The van der Waals surface area contributed by atoms with Crippen LogP contribution in [-0.2, 0) is 0 Å². The minimum atomic E-state index is -0.764. The average Bonchev–Trinajstić information content (AvgIpc) is 3.22. The molecular formula is C15H18IN3O4. The molecule has 2 heterocycles. The van der Waals surface area contributed by atoms with Crippen LogP contribution in [0.25, 0.3) is 0 Å². The second kappa shape index (κ2) is 5.12. The number of ether oxygens (including phenoxy) is 1. The van der Waals surface area contributed by atoms with Crippen molar-refractivity contribution in [3.8, 4) is 11.5 Å². The predicted octanol–water partition coefficient (Wildman–Crippen LogP) is 1.43. The van der Waals surface area contributed by atoms with Gasteiger partial charge in [0.2, 0.25) is 0 Å². The van der Waals surface area contributed by atoms with E-state index in [0.29, 0.717) is 22.7 Å². The quantitative estimate of drug-likeness (QED) is 0.419. The molecule has 23 heavy (non-hydrogen) atoms. The zero-order valence-electron chi connectivity index (χ0n) is 12.7. The van der Waals surface area contributed by atoms with Gasteiger partial charge in [0.15, 0.2) is 17.7 Å². The fourth-order valence-electron chi connectivity index (χ4n) is 3.72. The van der Waals surface area contributed by atoms with Gasteiger partial charge < -0.3 is 19.6 Å². The van der Waals surface area contributed by atoms with Gasteiger partial charge in [-0.05, 0) is 30.7 Å². The number of methoxy groups -OCH3 is 1. The molecule has 2 fully saturated rings. The number of benzene rings is 1. The van der Waals surface area contributed by atoms with E-state index in [2.05, 4.69) is 0 Å². The number of nitrogens with zero attached hydrogens (tertiary/aromatic N) is 2. The van der Waals surface area contributed by atoms with Crippen LogP contribution in [0.15, 0.2) is 12.1 Å². The zero-order valence-corrected chi connectivity index (χ0v) is 14.8. The van der Waals surface area contributed by atoms with E-state index in [-0.39, 0.29) is 17.4 Å². The summed E-state index contributed by atoms with van der Waals surface area (Å²) in [6.07, 6.45) is 2.36. The Morgan fingerprint density at radius 3 is 2.74 bits per heavy atom. The maximum Gasteiger partial charge on any atom is 0.256 e. The smallest absolute Gasteiger partial charge is 0.256 e. The number of hydrogen-bond donors (Lipinski definition) is 2. The first-order valence-corrected chi connectivity index (χ1v) is 8.49. The van der Waals surface area contributed by atoms with Gasteiger partial charge in [0.1, 0.15) is 0 Å². The number of carbonyl (C=O) groups excluding carboxylic acids is 1. The number of anilines is 1. The van der Waals surface area contributed by atoms with Crippen molar-refractivity contribution >= 4 is 34.5 Å². The molecule has 3 N–H and O–H groups in total. The molecular weight excluding hydrogens is 413 g/mol. The van der Waals surface area contributed by atoms with E-state index in [1.807, 2.05) is 27.8 Å². The Morgan fingerprint density at radius 2 is 2.13 bits per heavy atom. The fraction of sp³-hybridized carbons (Fsp3) is 0.533. The van der Waals surface area contributed by atoms with E-state index in [0.717, 1.165) is 25.8 Å². The lowest BCUT2D eigenvalue weighted by Gasteiger charge is -2.29. The van der Waals surface area contributed by atoms with Crippen molar-refractivity contribution in [1.82, 2.24) is 4.90 Å². The number of fused-ring (bicyclic) bond motifs is 2. The van der Waals surface area contributed by atoms with Gasteiger partial charge in [-0.2, -0.15) is 5.90 Å². The van der Waals surface area contributed by atoms with Crippen LogP contribution < -0.4 is 18.6 Å². The molecule has 1 amide bonds. The third kappa shape index (κ3) is 2.18. The fourth-order valence-corrected chi connectivity index (χ4v) is 4.49. The van der Waals surface area contributed by atoms with Crippen LogP contribution >= 0.6 is 22.9 Å². The summed E-state index contributed by atoms with van der Waals surface area (Å²) < 4.78 is 6.95. The molecule has 7 nitrogen and oxygen atoms in total. The highest BCUT2D eigenvalue weighted by Crippen LogP contribution is 2.57. The van der Waals surface area contributed by atoms with E-state index in [1.54, 1.807) is 15.2 Å². The molecule has 4 rings (SSSR count). The Kier molecular flexibility index (Phi) is 3.40. The summed E-state index contributed by atoms with van der Waals surface area (Å²) in [7, 11) is 1.50. The van der Waals surface area contributed by atoms with Gasteiger partial charge in [-0.3, -0.25) is 7.91 Å². The lowest BCUT2D eigenvalue weighted by Crippen LogP contribution is -2.45. The highest BCUT2D eigenvalue weighted by molar-refractivity contribution is 14.1. The highest BCUT2D eigenvalue weighted by atomic mass is 127. The Morgan fingerprint density at radius 1 is 1.39 bits per heavy atom. The minimum absolute atomic E-state index is 0.0751. The molecule has 8 heteroatoms. The van der Waals surface area contributed by atoms with Gasteiger partial charge in [-0.1, -0.05) is 0 Å². The van der Waals surface area contributed by atoms with E-state index in [9.17, 15) is 9.90 Å². The summed E-state index contributed by atoms with van der Waals surface area (Å²) in [4.78, 5) is 19.7. The SMILES string of the molecule is COc1cc2c(cc1ON)N(I)[C@@H](O)[C@@H]1CC3(CC3)CN1C2=O. The van der Waals surface area contributed by atoms with Gasteiger partial charge in [-0.25, -0.2) is 0 Å². The van der Waals surface area contributed by atoms with Crippen LogP contribution in [-0.4, -0.2) is 41.8 Å². The number of amides is 1. The van der Waals surface area contributed by atoms with Crippen LogP contribution in [0.1, 0.15) is 29.6 Å². The largest absolute Gasteiger partial charge is 0.493 e. The maximum atomic E-state index is 13.0. The van der Waals surface area contributed by atoms with Gasteiger partial charge in [0.25, 0.3) is 5.91 Å². The number of halogens is 1. The third-order valence-electron chi connectivity index (χ3n) is 5.21. The molecule has 3 aliphatic rings. The van der Waals surface area contributed by atoms with Crippen molar-refractivity contribution in [3.63, 3.8) is 0 Å². The molecule has 1 aliphatic carbocycles. The van der Waals surface area contributed by atoms with Crippen molar-refractivity contribution < 1.29 is 19.5 Å². The number of aliphatic hydroxyl groups is 1. The number of hydrogen-bond acceptors (Lipinski definition) is 6. The molecule has 1 aromatic rings. The van der Waals surface area contributed by atoms with Crippen molar-refractivity contribution in [2.75, 3.05) is 16.8 Å². The monoisotopic (exact) mass is 431 g/mol. The molecule has 1 aromatic carbocycles. The molecule has 1 saturated carbocycles. The van der Waals surface area contributed by atoms with Gasteiger partial charge in [-0.15, -0.1) is 0 Å². The summed E-state index contributed by atoms with van der Waals surface area (Å²) in [6.45, 7) is 0.717. The molecule has 2 aliphatic heterocycles. The number of nitrogens with two attached hydrogens (primary N) is 1. The molecule has 2 atom stereocenters. The van der Waals surface area contributed by atoms with E-state index in [1.165, 1.54) is 7.11 Å². The highest BCUT2D eigenvalue weighted by Gasteiger charge is 2.57. The van der Waals surface area contributed by atoms with Gasteiger partial charge in [0, 0.05) is 12.6 Å². The first kappa shape index (κ1) is 15.3. The molecule has 0 bridgehead atoms. The Labute approximate surface area is 147 Å². The summed E-state index contributed by atoms with van der Waals surface area (Å²) >= 11 is 2.04. The summed E-state index contributed by atoms with van der Waals surface area (Å²) in [6, 6.07) is 3.08. The Hall–Kier alpha value is -1.26. The number of rotatable bonds is 2. The predicted molar refractivity (Wildman–Crippen MR) is 91.4 cm³/mol. The van der Waals surface area contributed by atoms with Crippen molar-refractivity contribution in [2.24, 2.45) is 11.3 Å². The first-order valence-electron chi connectivity index (χ1n) is 7.52. The molecule has 1 spiro atoms. The van der Waals surface area contributed by atoms with Crippen LogP contribution in [0.4, 0.5) is 5.69 Å². The average molecular weight is 431 g/mol. The van der Waals surface area contributed by atoms with Crippen molar-refractivity contribution in [1.29, 1.82) is 0 Å². The van der Waals surface area contributed by atoms with Crippen molar-refractivity contribution in [2.45, 2.75) is 31.5 Å². The van der Waals surface area contributed by atoms with Crippen LogP contribution in [0.2, 0.25) is 0 Å². The van der Waals surface area contributed by atoms with Gasteiger partial charge in [0.05, 0.1) is 47.3 Å². The maximum absolute atomic E-state index is 13.0. The van der Waals surface area contributed by atoms with E-state index in [4.69, 9.17) is 15.5 Å².